The first kappa shape index (κ1) is 13.4. The summed E-state index contributed by atoms with van der Waals surface area (Å²) in [5, 5.41) is 13.7. The van der Waals surface area contributed by atoms with Gasteiger partial charge in [0.2, 0.25) is 0 Å². The predicted molar refractivity (Wildman–Crippen MR) is 71.9 cm³/mol. The molecule has 2 aliphatic rings. The van der Waals surface area contributed by atoms with Crippen molar-refractivity contribution in [2.75, 3.05) is 6.54 Å². The van der Waals surface area contributed by atoms with Crippen LogP contribution in [0.2, 0.25) is 0 Å². The molecule has 5 unspecified atom stereocenters. The van der Waals surface area contributed by atoms with E-state index in [2.05, 4.69) is 19.2 Å². The summed E-state index contributed by atoms with van der Waals surface area (Å²) in [7, 11) is 0. The van der Waals surface area contributed by atoms with Crippen LogP contribution in [0.4, 0.5) is 0 Å². The SMILES string of the molecule is CC1CCC(NCC2CCCCC2O)C(C)C1. The second-order valence-electron chi connectivity index (χ2n) is 6.52. The van der Waals surface area contributed by atoms with E-state index in [9.17, 15) is 5.11 Å². The predicted octanol–water partition coefficient (Wildman–Crippen LogP) is 2.95. The van der Waals surface area contributed by atoms with Crippen LogP contribution in [0.15, 0.2) is 0 Å². The van der Waals surface area contributed by atoms with Crippen LogP contribution in [0, 0.1) is 17.8 Å². The normalized spacial score (nSPS) is 43.6. The van der Waals surface area contributed by atoms with Crippen LogP contribution in [0.5, 0.6) is 0 Å². The number of hydrogen-bond donors (Lipinski definition) is 2. The quantitative estimate of drug-likeness (QED) is 0.793. The summed E-state index contributed by atoms with van der Waals surface area (Å²) in [5.74, 6) is 2.22. The van der Waals surface area contributed by atoms with Gasteiger partial charge in [-0.15, -0.1) is 0 Å². The third-order valence-corrected chi connectivity index (χ3v) is 4.94. The van der Waals surface area contributed by atoms with Crippen LogP contribution < -0.4 is 5.32 Å². The second-order valence-corrected chi connectivity index (χ2v) is 6.52. The molecule has 2 N–H and O–H groups in total. The molecule has 2 rings (SSSR count). The van der Waals surface area contributed by atoms with Crippen molar-refractivity contribution in [1.29, 1.82) is 0 Å². The number of hydrogen-bond acceptors (Lipinski definition) is 2. The molecule has 0 bridgehead atoms. The molecule has 0 aliphatic heterocycles. The second kappa shape index (κ2) is 6.19. The van der Waals surface area contributed by atoms with Gasteiger partial charge in [-0.3, -0.25) is 0 Å². The summed E-state index contributed by atoms with van der Waals surface area (Å²) in [6.07, 6.45) is 8.77. The van der Waals surface area contributed by atoms with Crippen molar-refractivity contribution in [2.45, 2.75) is 70.9 Å². The van der Waals surface area contributed by atoms with E-state index in [0.717, 1.165) is 24.8 Å². The molecule has 0 aromatic rings. The van der Waals surface area contributed by atoms with Crippen molar-refractivity contribution in [1.82, 2.24) is 5.32 Å². The Kier molecular flexibility index (Phi) is 4.87. The lowest BCUT2D eigenvalue weighted by molar-refractivity contribution is 0.0649. The Morgan fingerprint density at radius 2 is 1.82 bits per heavy atom. The maximum atomic E-state index is 9.97. The van der Waals surface area contributed by atoms with E-state index in [1.807, 2.05) is 0 Å². The van der Waals surface area contributed by atoms with Crippen LogP contribution in [0.1, 0.15) is 58.8 Å². The minimum atomic E-state index is -0.0472. The molecule has 0 aromatic carbocycles. The van der Waals surface area contributed by atoms with E-state index in [1.54, 1.807) is 0 Å². The monoisotopic (exact) mass is 239 g/mol. The van der Waals surface area contributed by atoms with Gasteiger partial charge in [-0.25, -0.2) is 0 Å². The molecule has 5 atom stereocenters. The minimum absolute atomic E-state index is 0.0472. The van der Waals surface area contributed by atoms with Gasteiger partial charge in [-0.05, 0) is 49.9 Å². The molecule has 2 aliphatic carbocycles. The van der Waals surface area contributed by atoms with Crippen molar-refractivity contribution in [3.05, 3.63) is 0 Å². The van der Waals surface area contributed by atoms with E-state index >= 15 is 0 Å². The molecule has 0 amide bonds. The Morgan fingerprint density at radius 3 is 2.53 bits per heavy atom. The summed E-state index contributed by atoms with van der Waals surface area (Å²) >= 11 is 0. The zero-order chi connectivity index (χ0) is 12.3. The molecular formula is C15H29NO. The van der Waals surface area contributed by atoms with Crippen LogP contribution in [-0.4, -0.2) is 23.8 Å². The Morgan fingerprint density at radius 1 is 1.06 bits per heavy atom. The lowest BCUT2D eigenvalue weighted by Crippen LogP contribution is -2.43. The zero-order valence-corrected chi connectivity index (χ0v) is 11.5. The summed E-state index contributed by atoms with van der Waals surface area (Å²) in [5.41, 5.74) is 0. The molecule has 2 nitrogen and oxygen atoms in total. The first-order valence-corrected chi connectivity index (χ1v) is 7.58. The fourth-order valence-electron chi connectivity index (χ4n) is 3.70. The first-order valence-electron chi connectivity index (χ1n) is 7.58. The number of rotatable bonds is 3. The van der Waals surface area contributed by atoms with E-state index in [1.165, 1.54) is 38.5 Å². The van der Waals surface area contributed by atoms with Crippen LogP contribution in [-0.2, 0) is 0 Å². The fourth-order valence-corrected chi connectivity index (χ4v) is 3.70. The third-order valence-electron chi connectivity index (χ3n) is 4.94. The molecule has 100 valence electrons. The number of aliphatic hydroxyl groups excluding tert-OH is 1. The number of nitrogens with one attached hydrogen (secondary N) is 1. The van der Waals surface area contributed by atoms with Crippen LogP contribution in [0.25, 0.3) is 0 Å². The largest absolute Gasteiger partial charge is 0.393 e. The Balaban J connectivity index is 1.73. The lowest BCUT2D eigenvalue weighted by Gasteiger charge is -2.36. The van der Waals surface area contributed by atoms with Gasteiger partial charge in [-0.1, -0.05) is 26.7 Å². The minimum Gasteiger partial charge on any atom is -0.393 e. The average Bonchev–Trinajstić information content (AvgIpc) is 2.30. The summed E-state index contributed by atoms with van der Waals surface area (Å²) in [6, 6.07) is 0.695. The van der Waals surface area contributed by atoms with Crippen molar-refractivity contribution in [3.63, 3.8) is 0 Å². The molecule has 2 fully saturated rings. The highest BCUT2D eigenvalue weighted by atomic mass is 16.3. The molecule has 0 saturated heterocycles. The van der Waals surface area contributed by atoms with Crippen LogP contribution in [0.3, 0.4) is 0 Å². The fraction of sp³-hybridized carbons (Fsp3) is 1.00. The number of aliphatic hydroxyl groups is 1. The smallest absolute Gasteiger partial charge is 0.0580 e. The van der Waals surface area contributed by atoms with E-state index in [0.29, 0.717) is 12.0 Å². The maximum Gasteiger partial charge on any atom is 0.0580 e. The molecule has 0 aromatic heterocycles. The zero-order valence-electron chi connectivity index (χ0n) is 11.5. The molecule has 0 heterocycles. The van der Waals surface area contributed by atoms with Gasteiger partial charge in [-0.2, -0.15) is 0 Å². The van der Waals surface area contributed by atoms with Gasteiger partial charge >= 0.3 is 0 Å². The Bertz CT molecular complexity index is 231. The standard InChI is InChI=1S/C15H29NO/c1-11-7-8-14(12(2)9-11)16-10-13-5-3-4-6-15(13)17/h11-17H,3-10H2,1-2H3. The van der Waals surface area contributed by atoms with E-state index in [-0.39, 0.29) is 6.10 Å². The lowest BCUT2D eigenvalue weighted by atomic mass is 9.79. The third kappa shape index (κ3) is 3.69. The van der Waals surface area contributed by atoms with Gasteiger partial charge < -0.3 is 10.4 Å². The van der Waals surface area contributed by atoms with Crippen molar-refractivity contribution in [3.8, 4) is 0 Å². The van der Waals surface area contributed by atoms with Gasteiger partial charge in [0.25, 0.3) is 0 Å². The molecule has 0 spiro atoms. The molecule has 2 heteroatoms. The first-order chi connectivity index (χ1) is 8.16. The Labute approximate surface area is 106 Å². The summed E-state index contributed by atoms with van der Waals surface area (Å²) < 4.78 is 0. The average molecular weight is 239 g/mol. The van der Waals surface area contributed by atoms with Gasteiger partial charge in [0.15, 0.2) is 0 Å². The molecular weight excluding hydrogens is 210 g/mol. The Hall–Kier alpha value is -0.0800. The van der Waals surface area contributed by atoms with Crippen LogP contribution >= 0.6 is 0 Å². The highest BCUT2D eigenvalue weighted by Crippen LogP contribution is 2.29. The molecule has 0 radical (unpaired) electrons. The van der Waals surface area contributed by atoms with Crippen molar-refractivity contribution >= 4 is 0 Å². The molecule has 2 saturated carbocycles. The highest BCUT2D eigenvalue weighted by molar-refractivity contribution is 4.83. The van der Waals surface area contributed by atoms with Gasteiger partial charge in [0.05, 0.1) is 6.10 Å². The highest BCUT2D eigenvalue weighted by Gasteiger charge is 2.27. The van der Waals surface area contributed by atoms with E-state index in [4.69, 9.17) is 0 Å². The topological polar surface area (TPSA) is 32.3 Å². The van der Waals surface area contributed by atoms with Crippen molar-refractivity contribution < 1.29 is 5.11 Å². The van der Waals surface area contributed by atoms with E-state index < -0.39 is 0 Å². The van der Waals surface area contributed by atoms with Gasteiger partial charge in [0, 0.05) is 12.6 Å². The van der Waals surface area contributed by atoms with Crippen molar-refractivity contribution in [2.24, 2.45) is 17.8 Å². The summed E-state index contributed by atoms with van der Waals surface area (Å²) in [6.45, 7) is 5.78. The maximum absolute atomic E-state index is 9.97. The molecule has 17 heavy (non-hydrogen) atoms. The van der Waals surface area contributed by atoms with Gasteiger partial charge in [0.1, 0.15) is 0 Å². The summed E-state index contributed by atoms with van der Waals surface area (Å²) in [4.78, 5) is 0.